The molecule has 1 saturated heterocycles. The minimum Gasteiger partial charge on any atom is -0.480 e. The number of carbonyl (C=O) groups is 2. The van der Waals surface area contributed by atoms with E-state index < -0.39 is 12.0 Å². The van der Waals surface area contributed by atoms with Gasteiger partial charge in [-0.05, 0) is 0 Å². The van der Waals surface area contributed by atoms with Crippen LogP contribution in [0.4, 0.5) is 0 Å². The number of aliphatic carboxylic acids is 1. The smallest absolute Gasteiger partial charge is 0.328 e. The van der Waals surface area contributed by atoms with Crippen LogP contribution in [0.5, 0.6) is 0 Å². The van der Waals surface area contributed by atoms with Crippen molar-refractivity contribution in [2.24, 2.45) is 0 Å². The highest BCUT2D eigenvalue weighted by Gasteiger charge is 2.32. The molecule has 2 rings (SSSR count). The second-order valence-electron chi connectivity index (χ2n) is 5.22. The molecule has 0 aliphatic carbocycles. The van der Waals surface area contributed by atoms with E-state index in [1.54, 1.807) is 0 Å². The zero-order valence-corrected chi connectivity index (χ0v) is 12.1. The number of carbonyl (C=O) groups excluding carboxylic acids is 1. The van der Waals surface area contributed by atoms with Crippen molar-refractivity contribution in [1.29, 1.82) is 0 Å². The number of ether oxygens (including phenoxy) is 1. The molecule has 1 fully saturated rings. The summed E-state index contributed by atoms with van der Waals surface area (Å²) in [6, 6.07) is -0.917. The highest BCUT2D eigenvalue weighted by molar-refractivity contribution is 5.84. The first kappa shape index (κ1) is 15.4. The van der Waals surface area contributed by atoms with E-state index in [1.807, 2.05) is 13.8 Å². The van der Waals surface area contributed by atoms with Gasteiger partial charge in [0.1, 0.15) is 0 Å². The number of carboxylic acids is 1. The van der Waals surface area contributed by atoms with Gasteiger partial charge in [0.15, 0.2) is 11.9 Å². The molecule has 0 spiro atoms. The Balaban J connectivity index is 1.92. The molecule has 8 heteroatoms. The van der Waals surface area contributed by atoms with Crippen molar-refractivity contribution in [2.45, 2.75) is 38.6 Å². The van der Waals surface area contributed by atoms with E-state index in [9.17, 15) is 9.59 Å². The zero-order chi connectivity index (χ0) is 15.4. The summed E-state index contributed by atoms with van der Waals surface area (Å²) in [7, 11) is 0. The minimum absolute atomic E-state index is 0.0269. The predicted molar refractivity (Wildman–Crippen MR) is 70.7 cm³/mol. The van der Waals surface area contributed by atoms with Gasteiger partial charge < -0.3 is 19.3 Å². The van der Waals surface area contributed by atoms with Gasteiger partial charge in [0.25, 0.3) is 0 Å². The lowest BCUT2D eigenvalue weighted by Gasteiger charge is -2.32. The fourth-order valence-corrected chi connectivity index (χ4v) is 2.07. The van der Waals surface area contributed by atoms with Crippen molar-refractivity contribution < 1.29 is 24.0 Å². The number of rotatable bonds is 5. The SMILES string of the molecule is CC(C)c1noc(CCC(=O)N2CCOC[C@@H]2C(=O)O)n1. The predicted octanol–water partition coefficient (Wildman–Crippen LogP) is 0.438. The first-order valence-electron chi connectivity index (χ1n) is 6.91. The molecule has 2 heterocycles. The van der Waals surface area contributed by atoms with E-state index in [0.717, 1.165) is 0 Å². The van der Waals surface area contributed by atoms with Gasteiger partial charge in [0.2, 0.25) is 11.8 Å². The Labute approximate surface area is 122 Å². The van der Waals surface area contributed by atoms with Crippen LogP contribution in [0.3, 0.4) is 0 Å². The molecule has 21 heavy (non-hydrogen) atoms. The lowest BCUT2D eigenvalue weighted by molar-refractivity contribution is -0.158. The maximum absolute atomic E-state index is 12.1. The van der Waals surface area contributed by atoms with Crippen molar-refractivity contribution >= 4 is 11.9 Å². The van der Waals surface area contributed by atoms with Crippen molar-refractivity contribution in [3.8, 4) is 0 Å². The second kappa shape index (κ2) is 6.66. The Hall–Kier alpha value is -1.96. The van der Waals surface area contributed by atoms with E-state index in [0.29, 0.717) is 24.7 Å². The molecule has 1 aliphatic heterocycles. The molecular formula is C13H19N3O5. The van der Waals surface area contributed by atoms with E-state index in [1.165, 1.54) is 4.90 Å². The van der Waals surface area contributed by atoms with Gasteiger partial charge in [-0.2, -0.15) is 4.98 Å². The molecule has 0 unspecified atom stereocenters. The van der Waals surface area contributed by atoms with Crippen molar-refractivity contribution in [3.63, 3.8) is 0 Å². The van der Waals surface area contributed by atoms with E-state index in [-0.39, 0.29) is 31.4 Å². The van der Waals surface area contributed by atoms with Crippen LogP contribution in [-0.4, -0.2) is 57.8 Å². The van der Waals surface area contributed by atoms with Crippen LogP contribution < -0.4 is 0 Å². The molecular weight excluding hydrogens is 278 g/mol. The fraction of sp³-hybridized carbons (Fsp3) is 0.692. The monoisotopic (exact) mass is 297 g/mol. The van der Waals surface area contributed by atoms with Gasteiger partial charge >= 0.3 is 5.97 Å². The van der Waals surface area contributed by atoms with Gasteiger partial charge in [-0.3, -0.25) is 4.79 Å². The Kier molecular flexibility index (Phi) is 4.89. The summed E-state index contributed by atoms with van der Waals surface area (Å²) in [4.78, 5) is 28.8. The number of morpholine rings is 1. The van der Waals surface area contributed by atoms with Gasteiger partial charge in [0, 0.05) is 25.3 Å². The standard InChI is InChI=1S/C13H19N3O5/c1-8(2)12-14-10(21-15-12)3-4-11(17)16-5-6-20-7-9(16)13(18)19/h8-9H,3-7H2,1-2H3,(H,18,19)/t9-/m1/s1. The maximum atomic E-state index is 12.1. The zero-order valence-electron chi connectivity index (χ0n) is 12.1. The van der Waals surface area contributed by atoms with Crippen LogP contribution in [0.15, 0.2) is 4.52 Å². The molecule has 1 aliphatic rings. The molecule has 0 aromatic carbocycles. The third-order valence-electron chi connectivity index (χ3n) is 3.29. The number of aromatic nitrogens is 2. The lowest BCUT2D eigenvalue weighted by atomic mass is 10.2. The van der Waals surface area contributed by atoms with Crippen LogP contribution in [0.2, 0.25) is 0 Å². The molecule has 1 N–H and O–H groups in total. The number of carboxylic acid groups (broad SMARTS) is 1. The summed E-state index contributed by atoms with van der Waals surface area (Å²) in [6.07, 6.45) is 0.450. The summed E-state index contributed by atoms with van der Waals surface area (Å²) in [5.74, 6) is -0.133. The number of hydrogen-bond acceptors (Lipinski definition) is 6. The van der Waals surface area contributed by atoms with Crippen molar-refractivity contribution in [2.75, 3.05) is 19.8 Å². The molecule has 1 aromatic rings. The third kappa shape index (κ3) is 3.78. The number of hydrogen-bond donors (Lipinski definition) is 1. The highest BCUT2D eigenvalue weighted by atomic mass is 16.5. The van der Waals surface area contributed by atoms with Crippen LogP contribution in [0.1, 0.15) is 37.9 Å². The summed E-state index contributed by atoms with van der Waals surface area (Å²) in [5.41, 5.74) is 0. The van der Waals surface area contributed by atoms with Crippen molar-refractivity contribution in [1.82, 2.24) is 15.0 Å². The fourth-order valence-electron chi connectivity index (χ4n) is 2.07. The van der Waals surface area contributed by atoms with Gasteiger partial charge in [-0.15, -0.1) is 0 Å². The van der Waals surface area contributed by atoms with E-state index in [4.69, 9.17) is 14.4 Å². The van der Waals surface area contributed by atoms with Gasteiger partial charge in [-0.1, -0.05) is 19.0 Å². The molecule has 1 atom stereocenters. The van der Waals surface area contributed by atoms with E-state index in [2.05, 4.69) is 10.1 Å². The Morgan fingerprint density at radius 3 is 2.86 bits per heavy atom. The van der Waals surface area contributed by atoms with Crippen LogP contribution >= 0.6 is 0 Å². The van der Waals surface area contributed by atoms with Crippen molar-refractivity contribution in [3.05, 3.63) is 11.7 Å². The summed E-state index contributed by atoms with van der Waals surface area (Å²) in [6.45, 7) is 4.57. The topological polar surface area (TPSA) is 106 Å². The third-order valence-corrected chi connectivity index (χ3v) is 3.29. The summed E-state index contributed by atoms with van der Waals surface area (Å²) < 4.78 is 10.2. The lowest BCUT2D eigenvalue weighted by Crippen LogP contribution is -2.52. The molecule has 1 aromatic heterocycles. The number of aryl methyl sites for hydroxylation is 1. The number of amides is 1. The quantitative estimate of drug-likeness (QED) is 0.840. The van der Waals surface area contributed by atoms with Crippen LogP contribution in [0.25, 0.3) is 0 Å². The number of nitrogens with zero attached hydrogens (tertiary/aromatic N) is 3. The Morgan fingerprint density at radius 2 is 2.24 bits per heavy atom. The van der Waals surface area contributed by atoms with Gasteiger partial charge in [-0.25, -0.2) is 4.79 Å². The Morgan fingerprint density at radius 1 is 1.48 bits per heavy atom. The molecule has 1 amide bonds. The largest absolute Gasteiger partial charge is 0.480 e. The minimum atomic E-state index is -1.05. The summed E-state index contributed by atoms with van der Waals surface area (Å²) in [5, 5.41) is 12.9. The maximum Gasteiger partial charge on any atom is 0.328 e. The average Bonchev–Trinajstić information content (AvgIpc) is 2.94. The van der Waals surface area contributed by atoms with Crippen LogP contribution in [0, 0.1) is 0 Å². The first-order valence-corrected chi connectivity index (χ1v) is 6.91. The molecule has 8 nitrogen and oxygen atoms in total. The average molecular weight is 297 g/mol. The Bertz CT molecular complexity index is 514. The molecule has 0 bridgehead atoms. The van der Waals surface area contributed by atoms with Crippen LogP contribution in [-0.2, 0) is 20.7 Å². The second-order valence-corrected chi connectivity index (χ2v) is 5.22. The summed E-state index contributed by atoms with van der Waals surface area (Å²) >= 11 is 0. The molecule has 116 valence electrons. The first-order chi connectivity index (χ1) is 9.99. The normalized spacial score (nSPS) is 19.0. The van der Waals surface area contributed by atoms with Gasteiger partial charge in [0.05, 0.1) is 13.2 Å². The highest BCUT2D eigenvalue weighted by Crippen LogP contribution is 2.13. The molecule has 0 saturated carbocycles. The molecule has 0 radical (unpaired) electrons. The van der Waals surface area contributed by atoms with E-state index >= 15 is 0 Å².